The molecule has 6 nitrogen and oxygen atoms in total. The molecule has 0 radical (unpaired) electrons. The summed E-state index contributed by atoms with van der Waals surface area (Å²) < 4.78 is 7.47. The topological polar surface area (TPSA) is 67.5 Å². The number of carbonyl (C=O) groups excluding carboxylic acids is 2. The number of benzene rings is 1. The molecule has 0 bridgehead atoms. The van der Waals surface area contributed by atoms with E-state index in [-0.39, 0.29) is 24.4 Å². The second kappa shape index (κ2) is 8.24. The zero-order valence-corrected chi connectivity index (χ0v) is 20.1. The van der Waals surface area contributed by atoms with Crippen molar-refractivity contribution in [1.29, 1.82) is 0 Å². The maximum Gasteiger partial charge on any atom is 0.271 e. The van der Waals surface area contributed by atoms with Crippen molar-refractivity contribution in [3.05, 3.63) is 58.9 Å². The van der Waals surface area contributed by atoms with Crippen molar-refractivity contribution in [2.24, 2.45) is 11.8 Å². The van der Waals surface area contributed by atoms with Gasteiger partial charge in [0.1, 0.15) is 11.2 Å². The number of hydrogen-bond donors (Lipinski definition) is 1. The van der Waals surface area contributed by atoms with Crippen LogP contribution in [0.3, 0.4) is 0 Å². The zero-order chi connectivity index (χ0) is 23.3. The van der Waals surface area contributed by atoms with Gasteiger partial charge in [0.15, 0.2) is 5.58 Å². The van der Waals surface area contributed by atoms with Gasteiger partial charge in [0.05, 0.1) is 18.3 Å². The van der Waals surface area contributed by atoms with Crippen molar-refractivity contribution in [2.45, 2.75) is 64.7 Å². The molecule has 174 valence electrons. The van der Waals surface area contributed by atoms with Crippen LogP contribution in [0, 0.1) is 11.8 Å². The lowest BCUT2D eigenvalue weighted by Gasteiger charge is -2.45. The van der Waals surface area contributed by atoms with Crippen LogP contribution >= 0.6 is 11.6 Å². The maximum atomic E-state index is 13.9. The Morgan fingerprint density at radius 2 is 2.03 bits per heavy atom. The van der Waals surface area contributed by atoms with Gasteiger partial charge >= 0.3 is 0 Å². The van der Waals surface area contributed by atoms with Crippen molar-refractivity contribution in [1.82, 2.24) is 14.8 Å². The minimum atomic E-state index is -1.08. The fourth-order valence-electron chi connectivity index (χ4n) is 5.43. The van der Waals surface area contributed by atoms with E-state index in [0.29, 0.717) is 34.7 Å². The molecule has 7 heteroatoms. The number of carbonyl (C=O) groups is 2. The number of fused-ring (bicyclic) bond motifs is 3. The van der Waals surface area contributed by atoms with Crippen LogP contribution in [-0.4, -0.2) is 32.9 Å². The predicted molar refractivity (Wildman–Crippen MR) is 128 cm³/mol. The first-order valence-electron chi connectivity index (χ1n) is 11.7. The summed E-state index contributed by atoms with van der Waals surface area (Å²) >= 11 is 6.44. The highest BCUT2D eigenvalue weighted by Gasteiger charge is 2.49. The summed E-state index contributed by atoms with van der Waals surface area (Å²) in [6, 6.07) is 11.2. The SMILES string of the molecule is C[C@@H]1[C@H](C)CCC[C@@H]1NC(=O)[C@@]1(C)Cn2c(cc3occc32)C(=O)N1Cc1ccccc1Cl. The molecule has 5 rings (SSSR count). The van der Waals surface area contributed by atoms with E-state index in [1.54, 1.807) is 17.2 Å². The predicted octanol–water partition coefficient (Wildman–Crippen LogP) is 5.24. The minimum absolute atomic E-state index is 0.107. The molecule has 2 aromatic heterocycles. The summed E-state index contributed by atoms with van der Waals surface area (Å²) in [6.45, 7) is 6.93. The zero-order valence-electron chi connectivity index (χ0n) is 19.3. The van der Waals surface area contributed by atoms with Crippen LogP contribution in [0.2, 0.25) is 5.02 Å². The van der Waals surface area contributed by atoms with Gasteiger partial charge in [-0.1, -0.05) is 56.5 Å². The van der Waals surface area contributed by atoms with Gasteiger partial charge < -0.3 is 19.2 Å². The number of amides is 2. The van der Waals surface area contributed by atoms with Crippen LogP contribution in [0.5, 0.6) is 0 Å². The number of rotatable bonds is 4. The molecule has 2 amide bonds. The molecule has 2 aliphatic rings. The fourth-order valence-corrected chi connectivity index (χ4v) is 5.62. The smallest absolute Gasteiger partial charge is 0.271 e. The van der Waals surface area contributed by atoms with Crippen LogP contribution in [0.15, 0.2) is 47.1 Å². The Kier molecular flexibility index (Phi) is 5.52. The monoisotopic (exact) mass is 467 g/mol. The molecule has 0 spiro atoms. The molecule has 3 aromatic rings. The molecule has 1 aliphatic carbocycles. The molecule has 1 aromatic carbocycles. The van der Waals surface area contributed by atoms with Crippen molar-refractivity contribution in [3.8, 4) is 0 Å². The first-order chi connectivity index (χ1) is 15.8. The van der Waals surface area contributed by atoms with Gasteiger partial charge in [-0.25, -0.2) is 0 Å². The van der Waals surface area contributed by atoms with Gasteiger partial charge in [-0.05, 0) is 36.8 Å². The molecule has 0 unspecified atom stereocenters. The lowest BCUT2D eigenvalue weighted by atomic mass is 9.77. The molecular weight excluding hydrogens is 438 g/mol. The van der Waals surface area contributed by atoms with Crippen molar-refractivity contribution < 1.29 is 14.0 Å². The Morgan fingerprint density at radius 1 is 1.24 bits per heavy atom. The number of furan rings is 1. The van der Waals surface area contributed by atoms with Gasteiger partial charge in [-0.15, -0.1) is 0 Å². The summed E-state index contributed by atoms with van der Waals surface area (Å²) in [6.07, 6.45) is 4.87. The molecule has 33 heavy (non-hydrogen) atoms. The number of aromatic nitrogens is 1. The third-order valence-corrected chi connectivity index (χ3v) is 8.22. The van der Waals surface area contributed by atoms with E-state index in [9.17, 15) is 9.59 Å². The largest absolute Gasteiger partial charge is 0.463 e. The first kappa shape index (κ1) is 22.1. The highest BCUT2D eigenvalue weighted by Crippen LogP contribution is 2.36. The van der Waals surface area contributed by atoms with Crippen LogP contribution in [-0.2, 0) is 17.9 Å². The second-order valence-corrected chi connectivity index (χ2v) is 10.3. The quantitative estimate of drug-likeness (QED) is 0.570. The Labute approximate surface area is 198 Å². The maximum absolute atomic E-state index is 13.9. The minimum Gasteiger partial charge on any atom is -0.463 e. The highest BCUT2D eigenvalue weighted by atomic mass is 35.5. The Bertz CT molecular complexity index is 1210. The van der Waals surface area contributed by atoms with Crippen molar-refractivity contribution >= 4 is 34.5 Å². The van der Waals surface area contributed by atoms with E-state index in [1.165, 1.54) is 6.42 Å². The third-order valence-electron chi connectivity index (χ3n) is 7.85. The molecule has 1 aliphatic heterocycles. The highest BCUT2D eigenvalue weighted by molar-refractivity contribution is 6.31. The van der Waals surface area contributed by atoms with E-state index in [1.807, 2.05) is 41.8 Å². The number of halogens is 1. The third kappa shape index (κ3) is 3.65. The molecule has 4 atom stereocenters. The molecule has 0 saturated heterocycles. The standard InChI is InChI=1S/C26H30ClN3O3/c1-16-7-6-10-20(17(16)2)28-25(32)26(3)15-29-21-11-12-33-23(21)13-22(29)24(31)30(26)14-18-8-4-5-9-19(18)27/h4-5,8-9,11-13,16-17,20H,6-7,10,14-15H2,1-3H3,(H,28,32)/t16-,17-,20+,26-/m1/s1. The normalized spacial score (nSPS) is 27.6. The van der Waals surface area contributed by atoms with Gasteiger partial charge in [0.2, 0.25) is 5.91 Å². The van der Waals surface area contributed by atoms with Crippen LogP contribution in [0.25, 0.3) is 11.1 Å². The number of hydrogen-bond acceptors (Lipinski definition) is 3. The number of nitrogens with zero attached hydrogens (tertiary/aromatic N) is 2. The summed E-state index contributed by atoms with van der Waals surface area (Å²) in [4.78, 5) is 29.3. The molecular formula is C26H30ClN3O3. The Morgan fingerprint density at radius 3 is 2.82 bits per heavy atom. The first-order valence-corrected chi connectivity index (χ1v) is 12.1. The summed E-state index contributed by atoms with van der Waals surface area (Å²) in [5.74, 6) is 0.635. The van der Waals surface area contributed by atoms with Gasteiger partial charge in [-0.2, -0.15) is 0 Å². The van der Waals surface area contributed by atoms with E-state index >= 15 is 0 Å². The van der Waals surface area contributed by atoms with Crippen LogP contribution in [0.4, 0.5) is 0 Å². The van der Waals surface area contributed by atoms with E-state index in [0.717, 1.165) is 23.9 Å². The molecule has 1 N–H and O–H groups in total. The van der Waals surface area contributed by atoms with Crippen molar-refractivity contribution in [2.75, 3.05) is 0 Å². The lowest BCUT2D eigenvalue weighted by Crippen LogP contribution is -2.65. The summed E-state index contributed by atoms with van der Waals surface area (Å²) in [5, 5.41) is 3.90. The summed E-state index contributed by atoms with van der Waals surface area (Å²) in [5.41, 5.74) is 1.74. The Hall–Kier alpha value is -2.73. The van der Waals surface area contributed by atoms with Crippen molar-refractivity contribution in [3.63, 3.8) is 0 Å². The van der Waals surface area contributed by atoms with Gasteiger partial charge in [-0.3, -0.25) is 9.59 Å². The van der Waals surface area contributed by atoms with Gasteiger partial charge in [0.25, 0.3) is 5.91 Å². The lowest BCUT2D eigenvalue weighted by molar-refractivity contribution is -0.134. The van der Waals surface area contributed by atoms with E-state index in [4.69, 9.17) is 16.0 Å². The van der Waals surface area contributed by atoms with Gasteiger partial charge in [0, 0.05) is 29.7 Å². The average molecular weight is 468 g/mol. The fraction of sp³-hybridized carbons (Fsp3) is 0.462. The average Bonchev–Trinajstić information content (AvgIpc) is 3.38. The molecule has 1 fully saturated rings. The van der Waals surface area contributed by atoms with E-state index in [2.05, 4.69) is 19.2 Å². The Balaban J connectivity index is 1.54. The van der Waals surface area contributed by atoms with Crippen LogP contribution < -0.4 is 5.32 Å². The molecule has 3 heterocycles. The summed E-state index contributed by atoms with van der Waals surface area (Å²) in [7, 11) is 0. The van der Waals surface area contributed by atoms with E-state index < -0.39 is 5.54 Å². The van der Waals surface area contributed by atoms with Crippen LogP contribution in [0.1, 0.15) is 56.1 Å². The molecule has 1 saturated carbocycles. The number of nitrogens with one attached hydrogen (secondary N) is 1. The second-order valence-electron chi connectivity index (χ2n) is 9.89.